The van der Waals surface area contributed by atoms with E-state index in [4.69, 9.17) is 0 Å². The van der Waals surface area contributed by atoms with Crippen molar-refractivity contribution in [2.45, 2.75) is 26.3 Å². The highest BCUT2D eigenvalue weighted by atomic mass is 32.1. The zero-order valence-corrected chi connectivity index (χ0v) is 12.4. The Kier molecular flexibility index (Phi) is 3.44. The minimum atomic E-state index is -0.0112. The van der Waals surface area contributed by atoms with E-state index in [9.17, 15) is 4.79 Å². The molecule has 0 saturated carbocycles. The fourth-order valence-corrected chi connectivity index (χ4v) is 3.30. The van der Waals surface area contributed by atoms with Gasteiger partial charge in [0.05, 0.1) is 12.2 Å². The highest BCUT2D eigenvalue weighted by Crippen LogP contribution is 2.31. The summed E-state index contributed by atoms with van der Waals surface area (Å²) in [4.78, 5) is 18.6. The number of anilines is 2. The first-order valence-corrected chi connectivity index (χ1v) is 7.58. The monoisotopic (exact) mass is 287 g/mol. The maximum absolute atomic E-state index is 12.1. The largest absolute Gasteiger partial charge is 0.359 e. The van der Waals surface area contributed by atoms with Gasteiger partial charge in [-0.15, -0.1) is 11.3 Å². The molecule has 0 aliphatic carbocycles. The molecule has 1 aliphatic heterocycles. The van der Waals surface area contributed by atoms with E-state index in [-0.39, 0.29) is 5.91 Å². The lowest BCUT2D eigenvalue weighted by Crippen LogP contribution is -2.37. The van der Waals surface area contributed by atoms with E-state index in [0.29, 0.717) is 17.7 Å². The quantitative estimate of drug-likeness (QED) is 0.944. The highest BCUT2D eigenvalue weighted by Gasteiger charge is 2.27. The van der Waals surface area contributed by atoms with Gasteiger partial charge in [0.1, 0.15) is 0 Å². The van der Waals surface area contributed by atoms with Gasteiger partial charge in [-0.1, -0.05) is 18.2 Å². The second-order valence-electron chi connectivity index (χ2n) is 5.15. The normalized spacial score (nSPS) is 17.1. The number of rotatable bonds is 3. The van der Waals surface area contributed by atoms with Gasteiger partial charge in [0.2, 0.25) is 5.91 Å². The summed E-state index contributed by atoms with van der Waals surface area (Å²) < 4.78 is 0. The molecule has 2 heterocycles. The van der Waals surface area contributed by atoms with E-state index in [1.165, 1.54) is 22.6 Å². The molecule has 20 heavy (non-hydrogen) atoms. The minimum absolute atomic E-state index is 0.0112. The Morgan fingerprint density at radius 3 is 3.05 bits per heavy atom. The number of carbonyl (C=O) groups is 1. The van der Waals surface area contributed by atoms with Crippen LogP contribution in [0.1, 0.15) is 18.2 Å². The number of aromatic nitrogens is 1. The molecule has 0 radical (unpaired) electrons. The smallest absolute Gasteiger partial charge is 0.245 e. The van der Waals surface area contributed by atoms with Crippen molar-refractivity contribution in [3.63, 3.8) is 0 Å². The van der Waals surface area contributed by atoms with Crippen LogP contribution in [0.5, 0.6) is 0 Å². The Balaban J connectivity index is 1.70. The van der Waals surface area contributed by atoms with Gasteiger partial charge in [-0.25, -0.2) is 4.98 Å². The van der Waals surface area contributed by atoms with E-state index in [2.05, 4.69) is 34.3 Å². The number of benzene rings is 1. The number of nitrogens with zero attached hydrogens (tertiary/aromatic N) is 2. The number of carbonyl (C=O) groups excluding carboxylic acids is 1. The van der Waals surface area contributed by atoms with E-state index in [1.54, 1.807) is 0 Å². The fourth-order valence-electron chi connectivity index (χ4n) is 2.60. The number of amides is 1. The molecule has 2 aromatic rings. The average Bonchev–Trinajstić information content (AvgIpc) is 2.94. The second-order valence-corrected chi connectivity index (χ2v) is 6.01. The summed E-state index contributed by atoms with van der Waals surface area (Å²) in [5, 5.41) is 5.48. The van der Waals surface area contributed by atoms with Crippen LogP contribution >= 0.6 is 11.3 Å². The van der Waals surface area contributed by atoms with Gasteiger partial charge in [-0.05, 0) is 31.9 Å². The van der Waals surface area contributed by atoms with Crippen LogP contribution in [-0.4, -0.2) is 23.5 Å². The molecule has 1 N–H and O–H groups in total. The third kappa shape index (κ3) is 2.54. The Morgan fingerprint density at radius 1 is 1.50 bits per heavy atom. The van der Waals surface area contributed by atoms with Gasteiger partial charge in [-0.2, -0.15) is 0 Å². The second kappa shape index (κ2) is 5.25. The predicted octanol–water partition coefficient (Wildman–Crippen LogP) is 2.84. The van der Waals surface area contributed by atoms with Crippen molar-refractivity contribution in [3.05, 3.63) is 40.9 Å². The van der Waals surface area contributed by atoms with Crippen molar-refractivity contribution in [2.24, 2.45) is 0 Å². The predicted molar refractivity (Wildman–Crippen MR) is 82.4 cm³/mol. The number of fused-ring (bicyclic) bond motifs is 1. The highest BCUT2D eigenvalue weighted by molar-refractivity contribution is 7.13. The number of nitrogens with one attached hydrogen (secondary N) is 1. The standard InChI is InChI=1S/C15H17N3OS/c1-10-9-20-15(16-10)17-14(19)8-18-11(2)7-12-5-3-4-6-13(12)18/h3-6,9,11H,7-8H2,1-2H3,(H,16,17,19). The number of hydrogen-bond donors (Lipinski definition) is 1. The zero-order chi connectivity index (χ0) is 14.1. The van der Waals surface area contributed by atoms with Crippen LogP contribution in [0.3, 0.4) is 0 Å². The Labute approximate surface area is 122 Å². The molecule has 0 bridgehead atoms. The molecule has 1 aromatic carbocycles. The molecule has 1 amide bonds. The van der Waals surface area contributed by atoms with Crippen LogP contribution in [0.2, 0.25) is 0 Å². The third-order valence-corrected chi connectivity index (χ3v) is 4.40. The van der Waals surface area contributed by atoms with Crippen LogP contribution in [0, 0.1) is 6.92 Å². The molecule has 1 aromatic heterocycles. The number of aryl methyl sites for hydroxylation is 1. The van der Waals surface area contributed by atoms with Crippen molar-refractivity contribution in [1.82, 2.24) is 4.98 Å². The SMILES string of the molecule is Cc1csc(NC(=O)CN2c3ccccc3CC2C)n1. The maximum atomic E-state index is 12.1. The molecule has 0 fully saturated rings. The Bertz CT molecular complexity index is 638. The third-order valence-electron chi connectivity index (χ3n) is 3.53. The first kappa shape index (κ1) is 13.1. The molecule has 104 valence electrons. The van der Waals surface area contributed by atoms with E-state index in [0.717, 1.165) is 12.1 Å². The molecule has 1 atom stereocenters. The lowest BCUT2D eigenvalue weighted by atomic mass is 10.1. The van der Waals surface area contributed by atoms with Crippen LogP contribution in [0.25, 0.3) is 0 Å². The Hall–Kier alpha value is -1.88. The number of thiazole rings is 1. The van der Waals surface area contributed by atoms with Crippen molar-refractivity contribution in [2.75, 3.05) is 16.8 Å². The molecular formula is C15H17N3OS. The maximum Gasteiger partial charge on any atom is 0.245 e. The molecule has 3 rings (SSSR count). The van der Waals surface area contributed by atoms with Gasteiger partial charge in [0, 0.05) is 17.1 Å². The number of para-hydroxylation sites is 1. The van der Waals surface area contributed by atoms with Crippen LogP contribution < -0.4 is 10.2 Å². The summed E-state index contributed by atoms with van der Waals surface area (Å²) in [7, 11) is 0. The lowest BCUT2D eigenvalue weighted by molar-refractivity contribution is -0.115. The molecule has 0 saturated heterocycles. The Morgan fingerprint density at radius 2 is 2.30 bits per heavy atom. The summed E-state index contributed by atoms with van der Waals surface area (Å²) in [5.74, 6) is -0.0112. The summed E-state index contributed by atoms with van der Waals surface area (Å²) in [6.07, 6.45) is 1.000. The van der Waals surface area contributed by atoms with Gasteiger partial charge in [0.15, 0.2) is 5.13 Å². The van der Waals surface area contributed by atoms with Crippen molar-refractivity contribution < 1.29 is 4.79 Å². The lowest BCUT2D eigenvalue weighted by Gasteiger charge is -2.23. The molecule has 4 nitrogen and oxygen atoms in total. The topological polar surface area (TPSA) is 45.2 Å². The van der Waals surface area contributed by atoms with Crippen molar-refractivity contribution in [3.8, 4) is 0 Å². The van der Waals surface area contributed by atoms with Gasteiger partial charge in [-0.3, -0.25) is 4.79 Å². The average molecular weight is 287 g/mol. The van der Waals surface area contributed by atoms with Gasteiger partial charge < -0.3 is 10.2 Å². The number of hydrogen-bond acceptors (Lipinski definition) is 4. The van der Waals surface area contributed by atoms with Crippen LogP contribution in [-0.2, 0) is 11.2 Å². The van der Waals surface area contributed by atoms with Gasteiger partial charge in [0.25, 0.3) is 0 Å². The fraction of sp³-hybridized carbons (Fsp3) is 0.333. The van der Waals surface area contributed by atoms with Gasteiger partial charge >= 0.3 is 0 Å². The van der Waals surface area contributed by atoms with Crippen LogP contribution in [0.15, 0.2) is 29.6 Å². The van der Waals surface area contributed by atoms with Crippen LogP contribution in [0.4, 0.5) is 10.8 Å². The minimum Gasteiger partial charge on any atom is -0.359 e. The summed E-state index contributed by atoms with van der Waals surface area (Å²) >= 11 is 1.46. The summed E-state index contributed by atoms with van der Waals surface area (Å²) in [6, 6.07) is 8.64. The first-order chi connectivity index (χ1) is 9.63. The van der Waals surface area contributed by atoms with Crippen molar-refractivity contribution >= 4 is 28.1 Å². The van der Waals surface area contributed by atoms with Crippen molar-refractivity contribution in [1.29, 1.82) is 0 Å². The molecule has 5 heteroatoms. The van der Waals surface area contributed by atoms with E-state index >= 15 is 0 Å². The van der Waals surface area contributed by atoms with E-state index < -0.39 is 0 Å². The molecule has 0 spiro atoms. The zero-order valence-electron chi connectivity index (χ0n) is 11.6. The molecular weight excluding hydrogens is 270 g/mol. The molecule has 1 aliphatic rings. The summed E-state index contributed by atoms with van der Waals surface area (Å²) in [5.41, 5.74) is 3.42. The van der Waals surface area contributed by atoms with E-state index in [1.807, 2.05) is 24.4 Å². The molecule has 1 unspecified atom stereocenters. The first-order valence-electron chi connectivity index (χ1n) is 6.70. The summed E-state index contributed by atoms with van der Waals surface area (Å²) in [6.45, 7) is 4.45.